The molecule has 0 aliphatic carbocycles. The van der Waals surface area contributed by atoms with Crippen molar-refractivity contribution in [1.29, 1.82) is 0 Å². The van der Waals surface area contributed by atoms with E-state index in [-0.39, 0.29) is 18.3 Å². The van der Waals surface area contributed by atoms with Crippen LogP contribution >= 0.6 is 23.7 Å². The fourth-order valence-electron chi connectivity index (χ4n) is 1.93. The van der Waals surface area contributed by atoms with Crippen molar-refractivity contribution in [2.75, 3.05) is 13.6 Å². The van der Waals surface area contributed by atoms with Gasteiger partial charge in [-0.1, -0.05) is 30.3 Å². The maximum atomic E-state index is 12.3. The first-order valence-electron chi connectivity index (χ1n) is 6.54. The average Bonchev–Trinajstić information content (AvgIpc) is 2.89. The van der Waals surface area contributed by atoms with E-state index in [1.807, 2.05) is 43.5 Å². The van der Waals surface area contributed by atoms with Crippen LogP contribution in [-0.4, -0.2) is 29.4 Å². The van der Waals surface area contributed by atoms with Crippen LogP contribution in [0.15, 0.2) is 36.5 Å². The van der Waals surface area contributed by atoms with Gasteiger partial charge < -0.3 is 10.6 Å². The molecule has 1 atom stereocenters. The van der Waals surface area contributed by atoms with Crippen LogP contribution < -0.4 is 5.73 Å². The van der Waals surface area contributed by atoms with Gasteiger partial charge >= 0.3 is 0 Å². The van der Waals surface area contributed by atoms with Gasteiger partial charge in [0.25, 0.3) is 0 Å². The summed E-state index contributed by atoms with van der Waals surface area (Å²) in [5, 5.41) is 1.05. The molecule has 1 amide bonds. The van der Waals surface area contributed by atoms with Crippen molar-refractivity contribution in [3.8, 4) is 0 Å². The molecule has 1 aromatic carbocycles. The molecule has 1 unspecified atom stereocenters. The minimum atomic E-state index is -0.598. The SMILES string of the molecule is Cc1cnc(CCN(C)C(=O)C(N)c2ccccc2)s1.Cl. The second-order valence-electron chi connectivity index (χ2n) is 4.76. The molecule has 0 saturated carbocycles. The predicted octanol–water partition coefficient (Wildman–Crippen LogP) is 2.57. The van der Waals surface area contributed by atoms with Gasteiger partial charge in [0.1, 0.15) is 6.04 Å². The first kappa shape index (κ1) is 17.6. The summed E-state index contributed by atoms with van der Waals surface area (Å²) >= 11 is 1.67. The van der Waals surface area contributed by atoms with E-state index in [1.54, 1.807) is 23.3 Å². The van der Waals surface area contributed by atoms with Crippen LogP contribution in [0.25, 0.3) is 0 Å². The molecule has 0 saturated heterocycles. The highest BCUT2D eigenvalue weighted by Gasteiger charge is 2.19. The van der Waals surface area contributed by atoms with E-state index >= 15 is 0 Å². The van der Waals surface area contributed by atoms with Crippen LogP contribution in [0.1, 0.15) is 21.5 Å². The minimum Gasteiger partial charge on any atom is -0.344 e. The zero-order chi connectivity index (χ0) is 14.5. The van der Waals surface area contributed by atoms with Gasteiger partial charge in [-0.15, -0.1) is 23.7 Å². The smallest absolute Gasteiger partial charge is 0.243 e. The van der Waals surface area contributed by atoms with Crippen LogP contribution in [0.5, 0.6) is 0 Å². The Morgan fingerprint density at radius 1 is 1.38 bits per heavy atom. The van der Waals surface area contributed by atoms with Crippen LogP contribution in [0.4, 0.5) is 0 Å². The average molecular weight is 326 g/mol. The molecule has 0 aliphatic rings. The molecular weight excluding hydrogens is 306 g/mol. The number of aromatic nitrogens is 1. The van der Waals surface area contributed by atoms with Crippen molar-refractivity contribution < 1.29 is 4.79 Å². The molecule has 0 spiro atoms. The molecule has 4 nitrogen and oxygen atoms in total. The second kappa shape index (κ2) is 8.12. The standard InChI is InChI=1S/C15H19N3OS.ClH/c1-11-10-17-13(20-11)8-9-18(2)15(19)14(16)12-6-4-3-5-7-12;/h3-7,10,14H,8-9,16H2,1-2H3;1H. The zero-order valence-electron chi connectivity index (χ0n) is 12.2. The second-order valence-corrected chi connectivity index (χ2v) is 6.08. The van der Waals surface area contributed by atoms with E-state index in [2.05, 4.69) is 4.98 Å². The number of hydrogen-bond donors (Lipinski definition) is 1. The van der Waals surface area contributed by atoms with Gasteiger partial charge in [-0.05, 0) is 12.5 Å². The molecule has 0 aliphatic heterocycles. The summed E-state index contributed by atoms with van der Waals surface area (Å²) in [7, 11) is 1.78. The van der Waals surface area contributed by atoms with E-state index in [1.165, 1.54) is 4.88 Å². The third-order valence-electron chi connectivity index (χ3n) is 3.13. The predicted molar refractivity (Wildman–Crippen MR) is 88.8 cm³/mol. The van der Waals surface area contributed by atoms with Crippen LogP contribution in [0.3, 0.4) is 0 Å². The van der Waals surface area contributed by atoms with E-state index in [0.29, 0.717) is 6.54 Å². The lowest BCUT2D eigenvalue weighted by Gasteiger charge is -2.21. The number of rotatable bonds is 5. The van der Waals surface area contributed by atoms with Crippen molar-refractivity contribution in [2.24, 2.45) is 5.73 Å². The van der Waals surface area contributed by atoms with Gasteiger partial charge in [0, 0.05) is 31.1 Å². The largest absolute Gasteiger partial charge is 0.344 e. The number of nitrogens with two attached hydrogens (primary N) is 1. The fraction of sp³-hybridized carbons (Fsp3) is 0.333. The molecule has 114 valence electrons. The molecule has 6 heteroatoms. The number of carbonyl (C=O) groups excluding carboxylic acids is 1. The van der Waals surface area contributed by atoms with Crippen LogP contribution in [-0.2, 0) is 11.2 Å². The highest BCUT2D eigenvalue weighted by molar-refractivity contribution is 7.11. The number of benzene rings is 1. The van der Waals surface area contributed by atoms with Gasteiger partial charge in [0.2, 0.25) is 5.91 Å². The third-order valence-corrected chi connectivity index (χ3v) is 4.10. The number of carbonyl (C=O) groups is 1. The first-order valence-corrected chi connectivity index (χ1v) is 7.36. The Hall–Kier alpha value is -1.43. The minimum absolute atomic E-state index is 0. The molecule has 1 aromatic heterocycles. The summed E-state index contributed by atoms with van der Waals surface area (Å²) in [5.74, 6) is -0.0653. The lowest BCUT2D eigenvalue weighted by molar-refractivity contribution is -0.131. The van der Waals surface area contributed by atoms with Gasteiger partial charge in [0.15, 0.2) is 0 Å². The normalized spacial score (nSPS) is 11.6. The fourth-order valence-corrected chi connectivity index (χ4v) is 2.71. The highest BCUT2D eigenvalue weighted by atomic mass is 35.5. The first-order chi connectivity index (χ1) is 9.58. The van der Waals surface area contributed by atoms with Crippen molar-refractivity contribution in [3.63, 3.8) is 0 Å². The number of halogens is 1. The molecule has 0 radical (unpaired) electrons. The van der Waals surface area contributed by atoms with Gasteiger partial charge in [-0.2, -0.15) is 0 Å². The quantitative estimate of drug-likeness (QED) is 0.919. The van der Waals surface area contributed by atoms with E-state index in [4.69, 9.17) is 5.73 Å². The molecule has 0 fully saturated rings. The Kier molecular flexibility index (Phi) is 6.81. The maximum absolute atomic E-state index is 12.3. The topological polar surface area (TPSA) is 59.2 Å². The summed E-state index contributed by atoms with van der Waals surface area (Å²) in [6.07, 6.45) is 2.62. The zero-order valence-corrected chi connectivity index (χ0v) is 13.8. The van der Waals surface area contributed by atoms with E-state index < -0.39 is 6.04 Å². The Balaban J connectivity index is 0.00000220. The third kappa shape index (κ3) is 4.81. The Morgan fingerprint density at radius 3 is 2.62 bits per heavy atom. The molecule has 1 heterocycles. The van der Waals surface area contributed by atoms with Gasteiger partial charge in [0.05, 0.1) is 5.01 Å². The monoisotopic (exact) mass is 325 g/mol. The van der Waals surface area contributed by atoms with Gasteiger partial charge in [-0.25, -0.2) is 4.98 Å². The number of thiazole rings is 1. The lowest BCUT2D eigenvalue weighted by Crippen LogP contribution is -2.37. The summed E-state index contributed by atoms with van der Waals surface area (Å²) in [6.45, 7) is 2.66. The van der Waals surface area contributed by atoms with Crippen molar-refractivity contribution >= 4 is 29.7 Å². The Bertz CT molecular complexity index is 573. The number of likely N-dealkylation sites (N-methyl/N-ethyl adjacent to an activating group) is 1. The summed E-state index contributed by atoms with van der Waals surface area (Å²) in [5.41, 5.74) is 6.85. The highest BCUT2D eigenvalue weighted by Crippen LogP contribution is 2.14. The molecule has 2 aromatic rings. The van der Waals surface area contributed by atoms with Crippen molar-refractivity contribution in [1.82, 2.24) is 9.88 Å². The van der Waals surface area contributed by atoms with Crippen LogP contribution in [0, 0.1) is 6.92 Å². The summed E-state index contributed by atoms with van der Waals surface area (Å²) in [6, 6.07) is 8.84. The molecule has 2 rings (SSSR count). The van der Waals surface area contributed by atoms with E-state index in [0.717, 1.165) is 17.0 Å². The Morgan fingerprint density at radius 2 is 2.05 bits per heavy atom. The number of aryl methyl sites for hydroxylation is 1. The van der Waals surface area contributed by atoms with E-state index in [9.17, 15) is 4.79 Å². The molecule has 21 heavy (non-hydrogen) atoms. The van der Waals surface area contributed by atoms with Crippen LogP contribution in [0.2, 0.25) is 0 Å². The van der Waals surface area contributed by atoms with Gasteiger partial charge in [-0.3, -0.25) is 4.79 Å². The maximum Gasteiger partial charge on any atom is 0.243 e. The summed E-state index contributed by atoms with van der Waals surface area (Å²) < 4.78 is 0. The number of nitrogens with zero attached hydrogens (tertiary/aromatic N) is 2. The summed E-state index contributed by atoms with van der Waals surface area (Å²) in [4.78, 5) is 19.4. The number of hydrogen-bond acceptors (Lipinski definition) is 4. The number of amides is 1. The molecule has 2 N–H and O–H groups in total. The molecule has 0 bridgehead atoms. The van der Waals surface area contributed by atoms with Crippen molar-refractivity contribution in [2.45, 2.75) is 19.4 Å². The van der Waals surface area contributed by atoms with Crippen molar-refractivity contribution in [3.05, 3.63) is 52.0 Å². The lowest BCUT2D eigenvalue weighted by atomic mass is 10.1. The Labute approximate surface area is 135 Å². The molecular formula is C15H20ClN3OS.